The highest BCUT2D eigenvalue weighted by molar-refractivity contribution is 7.98. The predicted octanol–water partition coefficient (Wildman–Crippen LogP) is 0.358. The number of hydrogen-bond acceptors (Lipinski definition) is 4. The van der Waals surface area contributed by atoms with E-state index >= 15 is 0 Å². The minimum atomic E-state index is -5.01. The third-order valence-electron chi connectivity index (χ3n) is 2.72. The van der Waals surface area contributed by atoms with Crippen LogP contribution in [0.1, 0.15) is 11.1 Å². The highest BCUT2D eigenvalue weighted by Crippen LogP contribution is 2.34. The summed E-state index contributed by atoms with van der Waals surface area (Å²) in [5, 5.41) is 0. The summed E-state index contributed by atoms with van der Waals surface area (Å²) >= 11 is 0. The summed E-state index contributed by atoms with van der Waals surface area (Å²) in [4.78, 5) is 0.573. The molecule has 1 aliphatic rings. The van der Waals surface area contributed by atoms with Gasteiger partial charge in [-0.2, -0.15) is 21.6 Å². The van der Waals surface area contributed by atoms with Crippen LogP contribution in [0.15, 0.2) is 29.2 Å². The van der Waals surface area contributed by atoms with Crippen molar-refractivity contribution in [3.8, 4) is 0 Å². The van der Waals surface area contributed by atoms with Gasteiger partial charge in [-0.1, -0.05) is 24.3 Å². The molecule has 0 aromatic heterocycles. The summed E-state index contributed by atoms with van der Waals surface area (Å²) in [5.74, 6) is 0. The average Bonchev–Trinajstić information content (AvgIpc) is 2.34. The average molecular weight is 316 g/mol. The zero-order valence-electron chi connectivity index (χ0n) is 9.75. The molecule has 0 bridgehead atoms. The van der Waals surface area contributed by atoms with Crippen molar-refractivity contribution in [2.75, 3.05) is 0 Å². The fourth-order valence-corrected chi connectivity index (χ4v) is 4.23. The van der Waals surface area contributed by atoms with E-state index in [-0.39, 0.29) is 12.0 Å². The van der Waals surface area contributed by atoms with Gasteiger partial charge in [0.25, 0.3) is 10.1 Å². The van der Waals surface area contributed by atoms with E-state index in [0.29, 0.717) is 5.56 Å². The Bertz CT molecular complexity index is 876. The third-order valence-corrected chi connectivity index (χ3v) is 4.75. The van der Waals surface area contributed by atoms with Crippen LogP contribution in [0.5, 0.6) is 0 Å². The molecule has 1 aliphatic carbocycles. The molecular weight excluding hydrogens is 308 g/mol. The quantitative estimate of drug-likeness (QED) is 0.457. The van der Waals surface area contributed by atoms with Gasteiger partial charge in [0.1, 0.15) is 4.91 Å². The largest absolute Gasteiger partial charge is 0.361 e. The first-order chi connectivity index (χ1) is 9.16. The molecule has 0 saturated heterocycles. The molecule has 10 heteroatoms. The second-order valence-corrected chi connectivity index (χ2v) is 6.71. The number of rotatable bonds is 2. The molecular formula is C10H8N2O6S2. The first kappa shape index (κ1) is 14.6. The first-order valence-corrected chi connectivity index (χ1v) is 8.03. The Kier molecular flexibility index (Phi) is 3.36. The van der Waals surface area contributed by atoms with Crippen LogP contribution < -0.4 is 0 Å². The topological polar surface area (TPSA) is 145 Å². The van der Waals surface area contributed by atoms with E-state index in [9.17, 15) is 21.4 Å². The molecule has 0 heterocycles. The second-order valence-electron chi connectivity index (χ2n) is 3.99. The summed E-state index contributed by atoms with van der Waals surface area (Å²) in [6, 6.07) is 5.75. The molecule has 106 valence electrons. The van der Waals surface area contributed by atoms with E-state index in [1.165, 1.54) is 18.2 Å². The number of nitrogens with zero attached hydrogens (tertiary/aromatic N) is 2. The second kappa shape index (κ2) is 4.62. The Labute approximate surface area is 114 Å². The predicted molar refractivity (Wildman–Crippen MR) is 68.8 cm³/mol. The number of allylic oxidation sites excluding steroid dienone is 1. The van der Waals surface area contributed by atoms with Crippen molar-refractivity contribution in [1.82, 2.24) is 0 Å². The van der Waals surface area contributed by atoms with Gasteiger partial charge in [0, 0.05) is 5.56 Å². The van der Waals surface area contributed by atoms with Crippen molar-refractivity contribution in [1.29, 1.82) is 0 Å². The standard InChI is InChI=1S/C10H8N2O6S2/c11-12-8-5-6-3-1-2-4-7(6)9(19(13,14)15)10(8)20(16,17)18/h1-4H,5H2,(H,13,14,15)(H,16,17,18). The van der Waals surface area contributed by atoms with Crippen LogP contribution in [-0.4, -0.2) is 36.4 Å². The molecule has 0 spiro atoms. The molecule has 0 unspecified atom stereocenters. The zero-order chi connectivity index (χ0) is 15.1. The van der Waals surface area contributed by atoms with Crippen LogP contribution in [0.4, 0.5) is 0 Å². The maximum atomic E-state index is 11.5. The van der Waals surface area contributed by atoms with E-state index < -0.39 is 35.8 Å². The van der Waals surface area contributed by atoms with Gasteiger partial charge in [0.15, 0.2) is 0 Å². The van der Waals surface area contributed by atoms with E-state index in [4.69, 9.17) is 10.1 Å². The fraction of sp³-hybridized carbons (Fsp3) is 0.100. The fourth-order valence-electron chi connectivity index (χ4n) is 2.01. The maximum Gasteiger partial charge on any atom is 0.318 e. The first-order valence-electron chi connectivity index (χ1n) is 5.15. The van der Waals surface area contributed by atoms with Crippen molar-refractivity contribution in [3.05, 3.63) is 45.8 Å². The minimum Gasteiger partial charge on any atom is -0.361 e. The van der Waals surface area contributed by atoms with Gasteiger partial charge in [-0.15, -0.1) is 0 Å². The molecule has 2 rings (SSSR count). The molecule has 2 N–H and O–H groups in total. The van der Waals surface area contributed by atoms with Crippen molar-refractivity contribution in [3.63, 3.8) is 0 Å². The molecule has 8 nitrogen and oxygen atoms in total. The lowest BCUT2D eigenvalue weighted by molar-refractivity contribution is -0.00602. The molecule has 20 heavy (non-hydrogen) atoms. The Hall–Kier alpha value is -1.84. The summed E-state index contributed by atoms with van der Waals surface area (Å²) in [6.07, 6.45) is -0.208. The summed E-state index contributed by atoms with van der Waals surface area (Å²) in [5.41, 5.74) is 8.52. The molecule has 0 amide bonds. The summed E-state index contributed by atoms with van der Waals surface area (Å²) in [7, 11) is -9.98. The van der Waals surface area contributed by atoms with E-state index in [1.807, 2.05) is 0 Å². The molecule has 0 radical (unpaired) electrons. The highest BCUT2D eigenvalue weighted by Gasteiger charge is 2.41. The normalized spacial score (nSPS) is 15.8. The molecule has 0 atom stereocenters. The monoisotopic (exact) mass is 316 g/mol. The Morgan fingerprint density at radius 3 is 2.05 bits per heavy atom. The Morgan fingerprint density at radius 2 is 1.55 bits per heavy atom. The van der Waals surface area contributed by atoms with Gasteiger partial charge in [-0.3, -0.25) is 9.11 Å². The lowest BCUT2D eigenvalue weighted by Gasteiger charge is -2.16. The highest BCUT2D eigenvalue weighted by atomic mass is 32.2. The van der Waals surface area contributed by atoms with Crippen LogP contribution in [-0.2, 0) is 26.7 Å². The van der Waals surface area contributed by atoms with Crippen LogP contribution in [0, 0.1) is 0 Å². The molecule has 0 saturated carbocycles. The Balaban J connectivity index is 3.06. The molecule has 1 aromatic rings. The Morgan fingerprint density at radius 1 is 1.00 bits per heavy atom. The summed E-state index contributed by atoms with van der Waals surface area (Å²) < 4.78 is 64.0. The molecule has 0 fully saturated rings. The van der Waals surface area contributed by atoms with Crippen molar-refractivity contribution >= 4 is 30.9 Å². The van der Waals surface area contributed by atoms with E-state index in [1.54, 1.807) is 6.07 Å². The lowest BCUT2D eigenvalue weighted by Crippen LogP contribution is -2.25. The van der Waals surface area contributed by atoms with Crippen molar-refractivity contribution in [2.24, 2.45) is 0 Å². The van der Waals surface area contributed by atoms with Crippen LogP contribution in [0.25, 0.3) is 10.4 Å². The van der Waals surface area contributed by atoms with Crippen molar-refractivity contribution < 1.29 is 30.7 Å². The number of hydrogen-bond donors (Lipinski definition) is 2. The van der Waals surface area contributed by atoms with Crippen LogP contribution >= 0.6 is 0 Å². The third kappa shape index (κ3) is 2.42. The van der Waals surface area contributed by atoms with Gasteiger partial charge >= 0.3 is 15.8 Å². The van der Waals surface area contributed by atoms with Crippen LogP contribution in [0.3, 0.4) is 0 Å². The molecule has 1 aromatic carbocycles. The number of benzene rings is 1. The van der Waals surface area contributed by atoms with E-state index in [0.717, 1.165) is 0 Å². The lowest BCUT2D eigenvalue weighted by atomic mass is 9.96. The minimum absolute atomic E-state index is 0.0741. The van der Waals surface area contributed by atoms with Crippen LogP contribution in [0.2, 0.25) is 0 Å². The van der Waals surface area contributed by atoms with Gasteiger partial charge < -0.3 is 5.53 Å². The smallest absolute Gasteiger partial charge is 0.318 e. The number of fused-ring (bicyclic) bond motifs is 1. The maximum absolute atomic E-state index is 11.5. The van der Waals surface area contributed by atoms with Gasteiger partial charge in [-0.05, 0) is 5.56 Å². The van der Waals surface area contributed by atoms with Gasteiger partial charge in [-0.25, -0.2) is 0 Å². The summed E-state index contributed by atoms with van der Waals surface area (Å²) in [6.45, 7) is 0. The molecule has 0 aliphatic heterocycles. The van der Waals surface area contributed by atoms with E-state index in [2.05, 4.69) is 4.79 Å². The van der Waals surface area contributed by atoms with Gasteiger partial charge in [0.05, 0.1) is 6.42 Å². The van der Waals surface area contributed by atoms with Crippen molar-refractivity contribution in [2.45, 2.75) is 6.42 Å². The SMILES string of the molecule is [N-]=[N+]=C1Cc2ccccc2C(S(=O)(=O)O)=C1S(=O)(=O)O. The van der Waals surface area contributed by atoms with Gasteiger partial charge in [0.2, 0.25) is 4.91 Å². The zero-order valence-corrected chi connectivity index (χ0v) is 11.4.